The number of hydrogen-bond donors (Lipinski definition) is 0. The van der Waals surface area contributed by atoms with E-state index < -0.39 is 11.8 Å². The quantitative estimate of drug-likeness (QED) is 0.212. The van der Waals surface area contributed by atoms with Crippen LogP contribution in [0.3, 0.4) is 0 Å². The zero-order valence-corrected chi connectivity index (χ0v) is 9.76. The van der Waals surface area contributed by atoms with Gasteiger partial charge >= 0.3 is 5.97 Å². The first-order chi connectivity index (χ1) is 7.22. The second-order valence-electron chi connectivity index (χ2n) is 3.09. The molecular weight excluding hydrogens is 216 g/mol. The topological polar surface area (TPSA) is 43.4 Å². The largest absolute Gasteiger partial charge is 0.460 e. The minimum atomic E-state index is -0.773. The highest BCUT2D eigenvalue weighted by Gasteiger charge is 2.10. The molecule has 0 rings (SSSR count). The summed E-state index contributed by atoms with van der Waals surface area (Å²) in [6, 6.07) is 0. The van der Waals surface area contributed by atoms with Crippen LogP contribution in [0.1, 0.15) is 32.6 Å². The first-order valence-electron chi connectivity index (χ1n) is 5.16. The maximum atomic E-state index is 11.1. The molecule has 0 aromatic rings. The molecule has 0 spiro atoms. The molecule has 0 atom stereocenters. The van der Waals surface area contributed by atoms with Gasteiger partial charge in [0.05, 0.1) is 6.61 Å². The fourth-order valence-electron chi connectivity index (χ4n) is 0.834. The van der Waals surface area contributed by atoms with E-state index >= 15 is 0 Å². The van der Waals surface area contributed by atoms with Crippen molar-refractivity contribution < 1.29 is 14.3 Å². The number of allylic oxidation sites excluding steroid dienone is 1. The summed E-state index contributed by atoms with van der Waals surface area (Å²) in [6.45, 7) is 2.30. The second-order valence-corrected chi connectivity index (χ2v) is 3.47. The molecule has 86 valence electrons. The van der Waals surface area contributed by atoms with Crippen LogP contribution in [0.25, 0.3) is 0 Å². The van der Waals surface area contributed by atoms with Crippen molar-refractivity contribution in [1.82, 2.24) is 0 Å². The predicted octanol–water partition coefficient (Wildman–Crippen LogP) is 2.47. The van der Waals surface area contributed by atoms with E-state index in [0.29, 0.717) is 18.9 Å². The van der Waals surface area contributed by atoms with Gasteiger partial charge in [-0.2, -0.15) is 0 Å². The van der Waals surface area contributed by atoms with Crippen LogP contribution in [0.15, 0.2) is 12.2 Å². The van der Waals surface area contributed by atoms with Crippen LogP contribution in [0.4, 0.5) is 0 Å². The fourth-order valence-corrected chi connectivity index (χ4v) is 0.988. The summed E-state index contributed by atoms with van der Waals surface area (Å²) in [5, 5.41) is 0. The molecule has 0 aliphatic heterocycles. The van der Waals surface area contributed by atoms with Crippen LogP contribution in [0, 0.1) is 0 Å². The van der Waals surface area contributed by atoms with E-state index in [9.17, 15) is 9.59 Å². The number of hydrogen-bond acceptors (Lipinski definition) is 3. The van der Waals surface area contributed by atoms with Crippen molar-refractivity contribution in [2.75, 3.05) is 12.5 Å². The fraction of sp³-hybridized carbons (Fsp3) is 0.636. The van der Waals surface area contributed by atoms with Crippen molar-refractivity contribution in [2.24, 2.45) is 0 Å². The van der Waals surface area contributed by atoms with Gasteiger partial charge in [-0.15, -0.1) is 11.6 Å². The summed E-state index contributed by atoms with van der Waals surface area (Å²) in [4.78, 5) is 22.1. The smallest absolute Gasteiger partial charge is 0.379 e. The minimum Gasteiger partial charge on any atom is -0.460 e. The van der Waals surface area contributed by atoms with Crippen molar-refractivity contribution >= 4 is 23.4 Å². The Bertz CT molecular complexity index is 224. The van der Waals surface area contributed by atoms with E-state index in [-0.39, 0.29) is 0 Å². The maximum absolute atomic E-state index is 11.1. The number of esters is 1. The van der Waals surface area contributed by atoms with Gasteiger partial charge in [-0.05, 0) is 25.3 Å². The van der Waals surface area contributed by atoms with Crippen molar-refractivity contribution in [1.29, 1.82) is 0 Å². The zero-order chi connectivity index (χ0) is 11.5. The van der Waals surface area contributed by atoms with Gasteiger partial charge in [-0.25, -0.2) is 4.79 Å². The van der Waals surface area contributed by atoms with Crippen molar-refractivity contribution in [3.63, 3.8) is 0 Å². The molecule has 0 bridgehead atoms. The minimum absolute atomic E-state index is 0.316. The van der Waals surface area contributed by atoms with E-state index in [4.69, 9.17) is 16.3 Å². The number of ether oxygens (including phenoxy) is 1. The highest BCUT2D eigenvalue weighted by Crippen LogP contribution is 1.95. The molecule has 0 aromatic carbocycles. The van der Waals surface area contributed by atoms with Gasteiger partial charge in [0.2, 0.25) is 0 Å². The summed E-state index contributed by atoms with van der Waals surface area (Å²) in [7, 11) is 0. The molecular formula is C11H17ClO3. The van der Waals surface area contributed by atoms with Gasteiger partial charge in [0.1, 0.15) is 0 Å². The summed E-state index contributed by atoms with van der Waals surface area (Å²) in [6.07, 6.45) is 6.13. The average Bonchev–Trinajstić information content (AvgIpc) is 2.24. The Morgan fingerprint density at radius 1 is 1.33 bits per heavy atom. The number of alkyl halides is 1. The average molecular weight is 233 g/mol. The third-order valence-electron chi connectivity index (χ3n) is 1.71. The molecule has 0 unspecified atom stereocenters. The van der Waals surface area contributed by atoms with Gasteiger partial charge < -0.3 is 4.74 Å². The first kappa shape index (κ1) is 14.2. The molecule has 0 aromatic heterocycles. The molecule has 0 radical (unpaired) electrons. The Kier molecular flexibility index (Phi) is 9.18. The standard InChI is InChI=1S/C11H17ClO3/c1-2-3-9-15-11(14)10(13)7-5-4-6-8-12/h5,7H,2-4,6,8-9H2,1H3. The van der Waals surface area contributed by atoms with Crippen LogP contribution in [-0.2, 0) is 14.3 Å². The zero-order valence-electron chi connectivity index (χ0n) is 9.00. The number of carbonyl (C=O) groups is 2. The Morgan fingerprint density at radius 2 is 2.07 bits per heavy atom. The number of halogens is 1. The molecule has 0 saturated heterocycles. The molecule has 0 heterocycles. The molecule has 0 aliphatic carbocycles. The highest BCUT2D eigenvalue weighted by atomic mass is 35.5. The number of rotatable bonds is 8. The molecule has 0 N–H and O–H groups in total. The lowest BCUT2D eigenvalue weighted by Gasteiger charge is -1.99. The Hall–Kier alpha value is -0.830. The lowest BCUT2D eigenvalue weighted by Crippen LogP contribution is -2.15. The van der Waals surface area contributed by atoms with Crippen molar-refractivity contribution in [3.8, 4) is 0 Å². The maximum Gasteiger partial charge on any atom is 0.379 e. The van der Waals surface area contributed by atoms with Gasteiger partial charge in [0.15, 0.2) is 0 Å². The number of unbranched alkanes of at least 4 members (excludes halogenated alkanes) is 2. The molecule has 0 amide bonds. The van der Waals surface area contributed by atoms with Crippen molar-refractivity contribution in [2.45, 2.75) is 32.6 Å². The number of carbonyl (C=O) groups excluding carboxylic acids is 2. The Morgan fingerprint density at radius 3 is 2.67 bits per heavy atom. The highest BCUT2D eigenvalue weighted by molar-refractivity contribution is 6.38. The second kappa shape index (κ2) is 9.71. The van der Waals surface area contributed by atoms with E-state index in [0.717, 1.165) is 19.3 Å². The Balaban J connectivity index is 3.68. The predicted molar refractivity (Wildman–Crippen MR) is 60.0 cm³/mol. The van der Waals surface area contributed by atoms with Gasteiger partial charge in [0, 0.05) is 5.88 Å². The molecule has 0 aliphatic rings. The summed E-state index contributed by atoms with van der Waals surface area (Å²) in [5.41, 5.74) is 0. The van der Waals surface area contributed by atoms with Crippen LogP contribution in [0.2, 0.25) is 0 Å². The molecule has 0 fully saturated rings. The van der Waals surface area contributed by atoms with Crippen LogP contribution in [-0.4, -0.2) is 24.2 Å². The monoisotopic (exact) mass is 232 g/mol. The van der Waals surface area contributed by atoms with Crippen molar-refractivity contribution in [3.05, 3.63) is 12.2 Å². The first-order valence-corrected chi connectivity index (χ1v) is 5.69. The SMILES string of the molecule is CCCCOC(=O)C(=O)C=CCCCCl. The van der Waals surface area contributed by atoms with Crippen LogP contribution in [0.5, 0.6) is 0 Å². The Labute approximate surface area is 95.4 Å². The van der Waals surface area contributed by atoms with E-state index in [1.807, 2.05) is 6.92 Å². The third kappa shape index (κ3) is 8.18. The molecule has 15 heavy (non-hydrogen) atoms. The summed E-state index contributed by atoms with van der Waals surface area (Å²) >= 11 is 5.45. The molecule has 0 saturated carbocycles. The molecule has 4 heteroatoms. The van der Waals surface area contributed by atoms with Gasteiger partial charge in [-0.3, -0.25) is 4.79 Å². The van der Waals surface area contributed by atoms with Gasteiger partial charge in [-0.1, -0.05) is 19.4 Å². The van der Waals surface area contributed by atoms with E-state index in [1.165, 1.54) is 6.08 Å². The normalized spacial score (nSPS) is 10.5. The molecule has 3 nitrogen and oxygen atoms in total. The summed E-state index contributed by atoms with van der Waals surface area (Å²) in [5.74, 6) is -0.814. The van der Waals surface area contributed by atoms with Crippen LogP contribution < -0.4 is 0 Å². The lowest BCUT2D eigenvalue weighted by molar-refractivity contribution is -0.151. The van der Waals surface area contributed by atoms with Gasteiger partial charge in [0.25, 0.3) is 5.78 Å². The lowest BCUT2D eigenvalue weighted by atomic mass is 10.2. The van der Waals surface area contributed by atoms with E-state index in [2.05, 4.69) is 0 Å². The third-order valence-corrected chi connectivity index (χ3v) is 1.97. The number of ketones is 1. The van der Waals surface area contributed by atoms with Crippen LogP contribution >= 0.6 is 11.6 Å². The summed E-state index contributed by atoms with van der Waals surface area (Å²) < 4.78 is 4.74. The van der Waals surface area contributed by atoms with E-state index in [1.54, 1.807) is 6.08 Å².